The summed E-state index contributed by atoms with van der Waals surface area (Å²) in [4.78, 5) is 38.7. The molecule has 42 heavy (non-hydrogen) atoms. The number of ether oxygens (including phenoxy) is 2. The first kappa shape index (κ1) is 30.2. The molecule has 2 amide bonds. The topological polar surface area (TPSA) is 98.7 Å². The number of benzene rings is 1. The molecule has 2 fully saturated rings. The second kappa shape index (κ2) is 12.9. The molecule has 3 aliphatic rings. The fourth-order valence-electron chi connectivity index (χ4n) is 6.22. The van der Waals surface area contributed by atoms with Crippen LogP contribution < -0.4 is 9.64 Å². The lowest BCUT2D eigenvalue weighted by molar-refractivity contribution is -0.122. The van der Waals surface area contributed by atoms with E-state index < -0.39 is 6.09 Å². The van der Waals surface area contributed by atoms with Crippen LogP contribution in [0, 0.1) is 11.7 Å². The number of nitrogens with zero attached hydrogens (tertiary/aromatic N) is 5. The fourth-order valence-corrected chi connectivity index (χ4v) is 6.22. The molecule has 1 aromatic carbocycles. The van der Waals surface area contributed by atoms with Gasteiger partial charge in [-0.2, -0.15) is 0 Å². The van der Waals surface area contributed by atoms with E-state index >= 15 is 0 Å². The van der Waals surface area contributed by atoms with Gasteiger partial charge in [0.05, 0.1) is 25.8 Å². The predicted octanol–water partition coefficient (Wildman–Crippen LogP) is 3.33. The molecule has 0 bridgehead atoms. The minimum Gasteiger partial charge on any atom is -0.474 e. The second-order valence-corrected chi connectivity index (χ2v) is 12.1. The van der Waals surface area contributed by atoms with Crippen LogP contribution in [0.5, 0.6) is 5.88 Å². The molecule has 0 radical (unpaired) electrons. The van der Waals surface area contributed by atoms with Crippen LogP contribution in [0.2, 0.25) is 0 Å². The summed E-state index contributed by atoms with van der Waals surface area (Å²) in [5.74, 6) is 0.212. The smallest absolute Gasteiger partial charge is 0.407 e. The predicted molar refractivity (Wildman–Crippen MR) is 156 cm³/mol. The second-order valence-electron chi connectivity index (χ2n) is 12.1. The number of aromatic nitrogens is 1. The highest BCUT2D eigenvalue weighted by atomic mass is 19.1. The van der Waals surface area contributed by atoms with Crippen LogP contribution >= 0.6 is 0 Å². The molecule has 1 aromatic heterocycles. The van der Waals surface area contributed by atoms with Gasteiger partial charge in [0.25, 0.3) is 0 Å². The Balaban J connectivity index is 1.40. The summed E-state index contributed by atoms with van der Waals surface area (Å²) in [6.45, 7) is 12.2. The van der Waals surface area contributed by atoms with Crippen molar-refractivity contribution in [2.75, 3.05) is 57.4 Å². The monoisotopic (exact) mass is 583 g/mol. The van der Waals surface area contributed by atoms with E-state index in [4.69, 9.17) is 9.47 Å². The van der Waals surface area contributed by atoms with Gasteiger partial charge in [-0.15, -0.1) is 0 Å². The molecule has 4 atom stereocenters. The quantitative estimate of drug-likeness (QED) is 0.530. The van der Waals surface area contributed by atoms with E-state index in [9.17, 15) is 19.1 Å². The van der Waals surface area contributed by atoms with E-state index in [2.05, 4.69) is 35.6 Å². The average molecular weight is 584 g/mol. The zero-order valence-electron chi connectivity index (χ0n) is 24.9. The molecule has 3 aliphatic heterocycles. The van der Waals surface area contributed by atoms with Crippen LogP contribution in [-0.4, -0.2) is 114 Å². The molecule has 10 nitrogen and oxygen atoms in total. The van der Waals surface area contributed by atoms with E-state index in [1.54, 1.807) is 18.3 Å². The van der Waals surface area contributed by atoms with Crippen molar-refractivity contribution in [2.24, 2.45) is 5.92 Å². The minimum atomic E-state index is -0.935. The average Bonchev–Trinajstić information content (AvgIpc) is 2.95. The maximum Gasteiger partial charge on any atom is 0.407 e. The number of anilines is 1. The maximum absolute atomic E-state index is 14.3. The highest BCUT2D eigenvalue weighted by Gasteiger charge is 2.40. The number of amides is 2. The number of halogens is 1. The van der Waals surface area contributed by atoms with Gasteiger partial charge >= 0.3 is 6.09 Å². The normalized spacial score (nSPS) is 25.3. The van der Waals surface area contributed by atoms with Gasteiger partial charge in [-0.3, -0.25) is 19.5 Å². The highest BCUT2D eigenvalue weighted by Crippen LogP contribution is 2.36. The highest BCUT2D eigenvalue weighted by molar-refractivity contribution is 5.97. The van der Waals surface area contributed by atoms with Gasteiger partial charge in [-0.25, -0.2) is 14.2 Å². The van der Waals surface area contributed by atoms with Crippen molar-refractivity contribution in [3.05, 3.63) is 53.5 Å². The van der Waals surface area contributed by atoms with Crippen molar-refractivity contribution in [3.63, 3.8) is 0 Å². The molecular weight excluding hydrogens is 541 g/mol. The van der Waals surface area contributed by atoms with Crippen molar-refractivity contribution in [1.82, 2.24) is 19.7 Å². The van der Waals surface area contributed by atoms with Gasteiger partial charge in [-0.1, -0.05) is 26.0 Å². The summed E-state index contributed by atoms with van der Waals surface area (Å²) in [6, 6.07) is 7.99. The lowest BCUT2D eigenvalue weighted by Crippen LogP contribution is -2.64. The number of piperazine rings is 1. The van der Waals surface area contributed by atoms with Gasteiger partial charge in [0, 0.05) is 50.5 Å². The Hall–Kier alpha value is -3.28. The summed E-state index contributed by atoms with van der Waals surface area (Å²) in [7, 11) is 0. The lowest BCUT2D eigenvalue weighted by atomic mass is 9.99. The number of hydrogen-bond acceptors (Lipinski definition) is 7. The lowest BCUT2D eigenvalue weighted by Gasteiger charge is -2.47. The van der Waals surface area contributed by atoms with Crippen LogP contribution in [0.1, 0.15) is 38.8 Å². The fraction of sp³-hybridized carbons (Fsp3) is 0.581. The Labute approximate surface area is 247 Å². The van der Waals surface area contributed by atoms with E-state index in [1.165, 1.54) is 17.0 Å². The van der Waals surface area contributed by atoms with Crippen LogP contribution in [-0.2, 0) is 16.0 Å². The molecule has 0 aliphatic carbocycles. The van der Waals surface area contributed by atoms with Gasteiger partial charge in [-0.05, 0) is 55.5 Å². The van der Waals surface area contributed by atoms with Crippen LogP contribution in [0.15, 0.2) is 36.5 Å². The number of hydrogen-bond donors (Lipinski definition) is 1. The maximum atomic E-state index is 14.3. The number of pyridine rings is 1. The van der Waals surface area contributed by atoms with Crippen LogP contribution in [0.4, 0.5) is 14.9 Å². The summed E-state index contributed by atoms with van der Waals surface area (Å²) >= 11 is 0. The molecule has 1 N–H and O–H groups in total. The van der Waals surface area contributed by atoms with E-state index in [1.807, 2.05) is 17.9 Å². The van der Waals surface area contributed by atoms with Gasteiger partial charge in [0.15, 0.2) is 0 Å². The van der Waals surface area contributed by atoms with E-state index in [-0.39, 0.29) is 48.4 Å². The standard InChI is InChI=1S/C31H42FN5O5/c1-20(2)28-19-42-30-27(12-24(13-33-30)11-23-5-7-25(32)8-6-23)37(28)29(38)17-35-14-21(3)36(31(39)40)16-26(35)15-34-9-10-41-18-22(34)4/h5-8,12-13,20-22,26,28H,9-11,14-19H2,1-4H3,(H,39,40)/t21-,22?,26+,28?/m1/s1. The van der Waals surface area contributed by atoms with Crippen molar-refractivity contribution in [1.29, 1.82) is 0 Å². The SMILES string of the molecule is CC(C)C1COc2ncc(Cc3ccc(F)cc3)cc2N1C(=O)CN1C[C@@H](C)N(C(=O)O)C[C@@H]1CN1CCOCC1C. The Morgan fingerprint density at radius 1 is 1.07 bits per heavy atom. The number of carboxylic acid groups (broad SMARTS) is 1. The molecule has 2 saturated heterocycles. The van der Waals surface area contributed by atoms with Gasteiger partial charge < -0.3 is 19.5 Å². The Bertz CT molecular complexity index is 1260. The van der Waals surface area contributed by atoms with Crippen molar-refractivity contribution >= 4 is 17.7 Å². The first-order chi connectivity index (χ1) is 20.1. The van der Waals surface area contributed by atoms with Crippen LogP contribution in [0.3, 0.4) is 0 Å². The number of rotatable bonds is 7. The molecule has 2 aromatic rings. The molecular formula is C31H42FN5O5. The molecule has 0 spiro atoms. The Morgan fingerprint density at radius 2 is 1.83 bits per heavy atom. The summed E-state index contributed by atoms with van der Waals surface area (Å²) in [5.41, 5.74) is 2.48. The summed E-state index contributed by atoms with van der Waals surface area (Å²) < 4.78 is 25.1. The summed E-state index contributed by atoms with van der Waals surface area (Å²) in [6.07, 6.45) is 1.35. The molecule has 2 unspecified atom stereocenters. The third-order valence-electron chi connectivity index (χ3n) is 8.72. The molecule has 4 heterocycles. The number of carbonyl (C=O) groups excluding carboxylic acids is 1. The number of morpholine rings is 1. The zero-order valence-corrected chi connectivity index (χ0v) is 24.9. The number of carbonyl (C=O) groups is 2. The zero-order chi connectivity index (χ0) is 30.0. The minimum absolute atomic E-state index is 0.0602. The van der Waals surface area contributed by atoms with Crippen LogP contribution in [0.25, 0.3) is 0 Å². The van der Waals surface area contributed by atoms with E-state index in [0.29, 0.717) is 57.4 Å². The first-order valence-electron chi connectivity index (χ1n) is 14.8. The third kappa shape index (κ3) is 6.68. The largest absolute Gasteiger partial charge is 0.474 e. The van der Waals surface area contributed by atoms with Gasteiger partial charge in [0.2, 0.25) is 11.8 Å². The Kier molecular flexibility index (Phi) is 9.29. The van der Waals surface area contributed by atoms with E-state index in [0.717, 1.165) is 17.7 Å². The molecule has 11 heteroatoms. The Morgan fingerprint density at radius 3 is 2.52 bits per heavy atom. The summed E-state index contributed by atoms with van der Waals surface area (Å²) in [5, 5.41) is 9.87. The van der Waals surface area contributed by atoms with Gasteiger partial charge in [0.1, 0.15) is 18.1 Å². The number of fused-ring (bicyclic) bond motifs is 1. The first-order valence-corrected chi connectivity index (χ1v) is 14.8. The molecule has 228 valence electrons. The van der Waals surface area contributed by atoms with Crippen molar-refractivity contribution in [3.8, 4) is 5.88 Å². The molecule has 5 rings (SSSR count). The third-order valence-corrected chi connectivity index (χ3v) is 8.72. The van der Waals surface area contributed by atoms with Crippen molar-refractivity contribution < 1.29 is 28.6 Å². The molecule has 0 saturated carbocycles. The van der Waals surface area contributed by atoms with Crippen molar-refractivity contribution in [2.45, 2.75) is 58.3 Å².